The summed E-state index contributed by atoms with van der Waals surface area (Å²) < 4.78 is 26.9. The number of piperazine rings is 1. The quantitative estimate of drug-likeness (QED) is 0.918. The smallest absolute Gasteiger partial charge is 0.124 e. The highest BCUT2D eigenvalue weighted by atomic mass is 79.9. The van der Waals surface area contributed by atoms with Crippen molar-refractivity contribution in [2.45, 2.75) is 12.5 Å². The third-order valence-electron chi connectivity index (χ3n) is 3.24. The van der Waals surface area contributed by atoms with E-state index in [4.69, 9.17) is 0 Å². The van der Waals surface area contributed by atoms with Crippen LogP contribution in [0, 0.1) is 5.82 Å². The first kappa shape index (κ1) is 13.9. The van der Waals surface area contributed by atoms with E-state index in [1.165, 1.54) is 12.1 Å². The maximum Gasteiger partial charge on any atom is 0.124 e. The predicted molar refractivity (Wildman–Crippen MR) is 71.9 cm³/mol. The second-order valence-electron chi connectivity index (χ2n) is 4.48. The van der Waals surface area contributed by atoms with E-state index < -0.39 is 0 Å². The number of rotatable bonds is 4. The van der Waals surface area contributed by atoms with Crippen molar-refractivity contribution in [2.24, 2.45) is 0 Å². The van der Waals surface area contributed by atoms with Gasteiger partial charge in [-0.3, -0.25) is 9.29 Å². The molecule has 2 rings (SSSR count). The molecule has 1 aromatic carbocycles. The molecular weight excluding hydrogens is 302 g/mol. The highest BCUT2D eigenvalue weighted by Gasteiger charge is 2.22. The number of hydrogen-bond donors (Lipinski definition) is 1. The number of benzene rings is 1. The normalized spacial score (nSPS) is 18.8. The molecule has 1 aliphatic heterocycles. The van der Waals surface area contributed by atoms with Crippen LogP contribution in [-0.4, -0.2) is 37.8 Å². The van der Waals surface area contributed by atoms with Crippen molar-refractivity contribution in [3.05, 3.63) is 34.1 Å². The maximum absolute atomic E-state index is 13.4. The van der Waals surface area contributed by atoms with Gasteiger partial charge in [0.15, 0.2) is 0 Å². The van der Waals surface area contributed by atoms with E-state index in [0.29, 0.717) is 10.9 Å². The van der Waals surface area contributed by atoms with Crippen LogP contribution in [0.3, 0.4) is 0 Å². The van der Waals surface area contributed by atoms with Gasteiger partial charge in [0.25, 0.3) is 0 Å². The second kappa shape index (κ2) is 6.59. The van der Waals surface area contributed by atoms with Gasteiger partial charge < -0.3 is 5.32 Å². The molecule has 0 aromatic heterocycles. The molecule has 1 N–H and O–H groups in total. The molecule has 1 atom stereocenters. The lowest BCUT2D eigenvalue weighted by molar-refractivity contribution is 0.157. The summed E-state index contributed by atoms with van der Waals surface area (Å²) in [7, 11) is 0. The Morgan fingerprint density at radius 1 is 1.28 bits per heavy atom. The Bertz CT molecular complexity index is 374. The molecule has 1 aromatic rings. The molecule has 0 saturated carbocycles. The van der Waals surface area contributed by atoms with E-state index >= 15 is 0 Å². The average Bonchev–Trinajstić information content (AvgIpc) is 2.36. The zero-order valence-electron chi connectivity index (χ0n) is 10.1. The molecule has 18 heavy (non-hydrogen) atoms. The highest BCUT2D eigenvalue weighted by molar-refractivity contribution is 9.10. The minimum absolute atomic E-state index is 0.0379. The number of nitrogens with zero attached hydrogens (tertiary/aromatic N) is 1. The zero-order valence-corrected chi connectivity index (χ0v) is 11.7. The second-order valence-corrected chi connectivity index (χ2v) is 5.40. The number of hydrogen-bond acceptors (Lipinski definition) is 2. The summed E-state index contributed by atoms with van der Waals surface area (Å²) in [6.07, 6.45) is 0.413. The SMILES string of the molecule is FCC[C@@H](c1cc(F)cc(Br)c1)N1CCNCC1. The van der Waals surface area contributed by atoms with E-state index in [2.05, 4.69) is 26.1 Å². The Balaban J connectivity index is 2.22. The lowest BCUT2D eigenvalue weighted by Gasteiger charge is -2.35. The van der Waals surface area contributed by atoms with Crippen LogP contribution in [-0.2, 0) is 0 Å². The molecule has 0 unspecified atom stereocenters. The molecule has 100 valence electrons. The first-order valence-corrected chi connectivity index (χ1v) is 6.96. The molecule has 1 saturated heterocycles. The monoisotopic (exact) mass is 318 g/mol. The molecular formula is C13H17BrF2N2. The van der Waals surface area contributed by atoms with Gasteiger partial charge in [0.2, 0.25) is 0 Å². The van der Waals surface area contributed by atoms with Gasteiger partial charge in [0, 0.05) is 36.7 Å². The zero-order chi connectivity index (χ0) is 13.0. The molecule has 0 aliphatic carbocycles. The highest BCUT2D eigenvalue weighted by Crippen LogP contribution is 2.28. The van der Waals surface area contributed by atoms with Crippen LogP contribution in [0.15, 0.2) is 22.7 Å². The lowest BCUT2D eigenvalue weighted by atomic mass is 10.0. The number of nitrogens with one attached hydrogen (secondary N) is 1. The first-order valence-electron chi connectivity index (χ1n) is 6.17. The fraction of sp³-hybridized carbons (Fsp3) is 0.538. The molecule has 2 nitrogen and oxygen atoms in total. The third kappa shape index (κ3) is 3.49. The van der Waals surface area contributed by atoms with Crippen LogP contribution in [0.25, 0.3) is 0 Å². The van der Waals surface area contributed by atoms with Crippen LogP contribution >= 0.6 is 15.9 Å². The van der Waals surface area contributed by atoms with Gasteiger partial charge >= 0.3 is 0 Å². The molecule has 1 fully saturated rings. The topological polar surface area (TPSA) is 15.3 Å². The van der Waals surface area contributed by atoms with Crippen molar-refractivity contribution in [1.29, 1.82) is 0 Å². The fourth-order valence-corrected chi connectivity index (χ4v) is 2.91. The van der Waals surface area contributed by atoms with Gasteiger partial charge in [-0.15, -0.1) is 0 Å². The summed E-state index contributed by atoms with van der Waals surface area (Å²) in [5.74, 6) is -0.279. The van der Waals surface area contributed by atoms with Gasteiger partial charge in [0.1, 0.15) is 5.82 Å². The predicted octanol–water partition coefficient (Wildman–Crippen LogP) is 2.89. The average molecular weight is 319 g/mol. The molecule has 0 amide bonds. The molecule has 5 heteroatoms. The van der Waals surface area contributed by atoms with Crippen molar-refractivity contribution in [3.8, 4) is 0 Å². The Morgan fingerprint density at radius 2 is 2.00 bits per heavy atom. The minimum Gasteiger partial charge on any atom is -0.314 e. The van der Waals surface area contributed by atoms with Gasteiger partial charge in [-0.05, 0) is 30.2 Å². The third-order valence-corrected chi connectivity index (χ3v) is 3.70. The van der Waals surface area contributed by atoms with Gasteiger partial charge in [-0.1, -0.05) is 15.9 Å². The number of alkyl halides is 1. The summed E-state index contributed by atoms with van der Waals surface area (Å²) in [5.41, 5.74) is 0.849. The van der Waals surface area contributed by atoms with E-state index in [-0.39, 0.29) is 18.5 Å². The molecule has 0 bridgehead atoms. The van der Waals surface area contributed by atoms with Crippen molar-refractivity contribution in [3.63, 3.8) is 0 Å². The van der Waals surface area contributed by atoms with E-state index in [9.17, 15) is 8.78 Å². The maximum atomic E-state index is 13.4. The summed E-state index contributed by atoms with van der Waals surface area (Å²) in [4.78, 5) is 2.22. The van der Waals surface area contributed by atoms with Crippen LogP contribution < -0.4 is 5.32 Å². The van der Waals surface area contributed by atoms with E-state index in [1.54, 1.807) is 0 Å². The Kier molecular flexibility index (Phi) is 5.09. The summed E-state index contributed by atoms with van der Waals surface area (Å²) >= 11 is 3.29. The fourth-order valence-electron chi connectivity index (χ4n) is 2.42. The van der Waals surface area contributed by atoms with Crippen LogP contribution in [0.2, 0.25) is 0 Å². The number of halogens is 3. The molecule has 1 aliphatic rings. The standard InChI is InChI=1S/C13H17BrF2N2/c14-11-7-10(8-12(16)9-11)13(1-2-15)18-5-3-17-4-6-18/h7-9,13,17H,1-6H2/t13-/m0/s1. The Morgan fingerprint density at radius 3 is 2.61 bits per heavy atom. The minimum atomic E-state index is -0.386. The van der Waals surface area contributed by atoms with Crippen LogP contribution in [0.4, 0.5) is 8.78 Å². The van der Waals surface area contributed by atoms with Crippen molar-refractivity contribution in [1.82, 2.24) is 10.2 Å². The summed E-state index contributed by atoms with van der Waals surface area (Å²) in [6, 6.07) is 4.77. The first-order chi connectivity index (χ1) is 8.70. The van der Waals surface area contributed by atoms with Crippen molar-refractivity contribution in [2.75, 3.05) is 32.9 Å². The van der Waals surface area contributed by atoms with Crippen LogP contribution in [0.1, 0.15) is 18.0 Å². The molecule has 0 spiro atoms. The van der Waals surface area contributed by atoms with Crippen molar-refractivity contribution >= 4 is 15.9 Å². The van der Waals surface area contributed by atoms with Gasteiger partial charge in [-0.25, -0.2) is 4.39 Å². The molecule has 1 heterocycles. The van der Waals surface area contributed by atoms with Crippen LogP contribution in [0.5, 0.6) is 0 Å². The lowest BCUT2D eigenvalue weighted by Crippen LogP contribution is -2.45. The van der Waals surface area contributed by atoms with E-state index in [0.717, 1.165) is 31.7 Å². The van der Waals surface area contributed by atoms with Gasteiger partial charge in [0.05, 0.1) is 6.67 Å². The van der Waals surface area contributed by atoms with Crippen molar-refractivity contribution < 1.29 is 8.78 Å². The van der Waals surface area contributed by atoms with E-state index in [1.807, 2.05) is 6.07 Å². The van der Waals surface area contributed by atoms with Gasteiger partial charge in [-0.2, -0.15) is 0 Å². The summed E-state index contributed by atoms with van der Waals surface area (Å²) in [6.45, 7) is 3.17. The largest absolute Gasteiger partial charge is 0.314 e. The molecule has 0 radical (unpaired) electrons. The Labute approximate surface area is 114 Å². The summed E-state index contributed by atoms with van der Waals surface area (Å²) in [5, 5.41) is 3.27. The Hall–Kier alpha value is -0.520.